The fourth-order valence-electron chi connectivity index (χ4n) is 1.89. The van der Waals surface area contributed by atoms with E-state index in [2.05, 4.69) is 19.2 Å². The van der Waals surface area contributed by atoms with Gasteiger partial charge in [-0.25, -0.2) is 8.42 Å². The maximum atomic E-state index is 12.5. The summed E-state index contributed by atoms with van der Waals surface area (Å²) in [5.41, 5.74) is 0. The van der Waals surface area contributed by atoms with E-state index in [1.54, 1.807) is 6.07 Å². The topological polar surface area (TPSA) is 66.5 Å². The van der Waals surface area contributed by atoms with Gasteiger partial charge in [-0.3, -0.25) is 4.21 Å². The molecular weight excluding hydrogens is 316 g/mol. The van der Waals surface area contributed by atoms with E-state index in [1.165, 1.54) is 15.6 Å². The first-order valence-electron chi connectivity index (χ1n) is 6.57. The van der Waals surface area contributed by atoms with Crippen LogP contribution in [0.4, 0.5) is 0 Å². The van der Waals surface area contributed by atoms with Gasteiger partial charge in [-0.1, -0.05) is 13.8 Å². The van der Waals surface area contributed by atoms with Crippen molar-refractivity contribution in [1.29, 1.82) is 0 Å². The highest BCUT2D eigenvalue weighted by atomic mass is 32.2. The van der Waals surface area contributed by atoms with Crippen LogP contribution in [0.5, 0.6) is 0 Å². The van der Waals surface area contributed by atoms with Gasteiger partial charge in [0.1, 0.15) is 4.21 Å². The molecule has 1 aromatic heterocycles. The first-order chi connectivity index (χ1) is 9.39. The lowest BCUT2D eigenvalue weighted by molar-refractivity contribution is 0.440. The van der Waals surface area contributed by atoms with E-state index < -0.39 is 20.8 Å². The largest absolute Gasteiger partial charge is 0.310 e. The minimum atomic E-state index is -3.41. The van der Waals surface area contributed by atoms with E-state index >= 15 is 0 Å². The molecule has 0 atom stereocenters. The van der Waals surface area contributed by atoms with Gasteiger partial charge in [-0.05, 0) is 12.1 Å². The maximum absolute atomic E-state index is 12.5. The lowest BCUT2D eigenvalue weighted by atomic mass is 10.4. The molecule has 0 saturated carbocycles. The average molecular weight is 337 g/mol. The van der Waals surface area contributed by atoms with Crippen molar-refractivity contribution in [2.45, 2.75) is 30.6 Å². The standard InChI is InChI=1S/C12H20N2O3S3/c1-10(2)13-9-11-3-4-12(18-11)20(16,17)14-5-7-19(15)8-6-14/h3-4,10,13H,5-9H2,1-2H3. The van der Waals surface area contributed by atoms with Gasteiger partial charge in [0.15, 0.2) is 0 Å². The monoisotopic (exact) mass is 336 g/mol. The van der Waals surface area contributed by atoms with Gasteiger partial charge in [-0.15, -0.1) is 11.3 Å². The molecule has 5 nitrogen and oxygen atoms in total. The van der Waals surface area contributed by atoms with Gasteiger partial charge in [-0.2, -0.15) is 4.31 Å². The van der Waals surface area contributed by atoms with Crippen LogP contribution < -0.4 is 5.32 Å². The smallest absolute Gasteiger partial charge is 0.252 e. The zero-order valence-corrected chi connectivity index (χ0v) is 14.1. The Kier molecular flexibility index (Phi) is 5.36. The van der Waals surface area contributed by atoms with Crippen LogP contribution in [0, 0.1) is 0 Å². The summed E-state index contributed by atoms with van der Waals surface area (Å²) in [5, 5.41) is 3.27. The summed E-state index contributed by atoms with van der Waals surface area (Å²) in [7, 11) is -4.28. The Balaban J connectivity index is 2.08. The second-order valence-electron chi connectivity index (χ2n) is 5.01. The van der Waals surface area contributed by atoms with Gasteiger partial charge in [0.25, 0.3) is 10.0 Å². The Morgan fingerprint density at radius 1 is 1.35 bits per heavy atom. The number of thiophene rings is 1. The highest BCUT2D eigenvalue weighted by Crippen LogP contribution is 2.25. The number of rotatable bonds is 5. The Bertz CT molecular complexity index is 571. The van der Waals surface area contributed by atoms with Crippen LogP contribution in [-0.2, 0) is 27.4 Å². The van der Waals surface area contributed by atoms with Crippen LogP contribution in [0.1, 0.15) is 18.7 Å². The van der Waals surface area contributed by atoms with Gasteiger partial charge >= 0.3 is 0 Å². The first kappa shape index (κ1) is 16.1. The summed E-state index contributed by atoms with van der Waals surface area (Å²) in [6, 6.07) is 3.90. The minimum Gasteiger partial charge on any atom is -0.310 e. The molecular formula is C12H20N2O3S3. The molecule has 0 amide bonds. The second-order valence-corrected chi connectivity index (χ2v) is 10.0. The molecule has 2 heterocycles. The molecule has 0 aromatic carbocycles. The molecule has 20 heavy (non-hydrogen) atoms. The van der Waals surface area contributed by atoms with Crippen molar-refractivity contribution >= 4 is 32.2 Å². The van der Waals surface area contributed by atoms with Crippen molar-refractivity contribution in [2.75, 3.05) is 24.6 Å². The second kappa shape index (κ2) is 6.65. The Morgan fingerprint density at radius 2 is 2.00 bits per heavy atom. The molecule has 1 aliphatic rings. The number of hydrogen-bond acceptors (Lipinski definition) is 5. The Labute approximate surface area is 126 Å². The molecule has 2 rings (SSSR count). The fourth-order valence-corrected chi connectivity index (χ4v) is 6.07. The molecule has 0 spiro atoms. The van der Waals surface area contributed by atoms with Crippen LogP contribution in [0.2, 0.25) is 0 Å². The van der Waals surface area contributed by atoms with E-state index in [4.69, 9.17) is 0 Å². The fraction of sp³-hybridized carbons (Fsp3) is 0.667. The van der Waals surface area contributed by atoms with Crippen molar-refractivity contribution < 1.29 is 12.6 Å². The molecule has 1 fully saturated rings. The first-order valence-corrected chi connectivity index (χ1v) is 10.3. The Morgan fingerprint density at radius 3 is 2.60 bits per heavy atom. The van der Waals surface area contributed by atoms with E-state index in [1.807, 2.05) is 6.07 Å². The predicted molar refractivity (Wildman–Crippen MR) is 82.9 cm³/mol. The molecule has 0 unspecified atom stereocenters. The van der Waals surface area contributed by atoms with Crippen molar-refractivity contribution in [1.82, 2.24) is 9.62 Å². The van der Waals surface area contributed by atoms with E-state index in [-0.39, 0.29) is 0 Å². The molecule has 1 saturated heterocycles. The normalized spacial score (nSPS) is 18.8. The molecule has 1 aromatic rings. The number of nitrogens with zero attached hydrogens (tertiary/aromatic N) is 1. The van der Waals surface area contributed by atoms with Crippen LogP contribution in [0.25, 0.3) is 0 Å². The number of hydrogen-bond donors (Lipinski definition) is 1. The van der Waals surface area contributed by atoms with Crippen LogP contribution >= 0.6 is 11.3 Å². The highest BCUT2D eigenvalue weighted by Gasteiger charge is 2.29. The van der Waals surface area contributed by atoms with Gasteiger partial charge in [0.2, 0.25) is 0 Å². The quantitative estimate of drug-likeness (QED) is 0.871. The molecule has 114 valence electrons. The van der Waals surface area contributed by atoms with Crippen LogP contribution in [-0.4, -0.2) is 47.6 Å². The summed E-state index contributed by atoms with van der Waals surface area (Å²) in [6.07, 6.45) is 0. The highest BCUT2D eigenvalue weighted by molar-refractivity contribution is 7.91. The number of sulfonamides is 1. The molecule has 0 bridgehead atoms. The van der Waals surface area contributed by atoms with E-state index in [0.29, 0.717) is 41.4 Å². The van der Waals surface area contributed by atoms with Crippen molar-refractivity contribution in [3.05, 3.63) is 17.0 Å². The molecule has 0 radical (unpaired) electrons. The maximum Gasteiger partial charge on any atom is 0.252 e. The van der Waals surface area contributed by atoms with Crippen molar-refractivity contribution in [2.24, 2.45) is 0 Å². The summed E-state index contributed by atoms with van der Waals surface area (Å²) in [4.78, 5) is 1.01. The van der Waals surface area contributed by atoms with Crippen molar-refractivity contribution in [3.8, 4) is 0 Å². The summed E-state index contributed by atoms with van der Waals surface area (Å²) in [6.45, 7) is 5.50. The molecule has 0 aliphatic carbocycles. The zero-order chi connectivity index (χ0) is 14.8. The third-order valence-corrected chi connectivity index (χ3v) is 7.78. The molecule has 1 N–H and O–H groups in total. The van der Waals surface area contributed by atoms with E-state index in [9.17, 15) is 12.6 Å². The average Bonchev–Trinajstić information content (AvgIpc) is 2.86. The van der Waals surface area contributed by atoms with Gasteiger partial charge in [0.05, 0.1) is 0 Å². The van der Waals surface area contributed by atoms with Crippen molar-refractivity contribution in [3.63, 3.8) is 0 Å². The summed E-state index contributed by atoms with van der Waals surface area (Å²) >= 11 is 1.31. The van der Waals surface area contributed by atoms with Gasteiger partial charge < -0.3 is 5.32 Å². The van der Waals surface area contributed by atoms with Crippen LogP contribution in [0.15, 0.2) is 16.3 Å². The van der Waals surface area contributed by atoms with Crippen LogP contribution in [0.3, 0.4) is 0 Å². The summed E-state index contributed by atoms with van der Waals surface area (Å²) < 4.78 is 38.1. The number of nitrogens with one attached hydrogen (secondary N) is 1. The Hall–Kier alpha value is -0.280. The third-order valence-electron chi connectivity index (χ3n) is 3.05. The molecule has 8 heteroatoms. The minimum absolute atomic E-state index is 0.354. The third kappa shape index (κ3) is 3.88. The zero-order valence-electron chi connectivity index (χ0n) is 11.7. The SMILES string of the molecule is CC(C)NCc1ccc(S(=O)(=O)N2CCS(=O)CC2)s1. The lowest BCUT2D eigenvalue weighted by Gasteiger charge is -2.24. The van der Waals surface area contributed by atoms with E-state index in [0.717, 1.165) is 4.88 Å². The predicted octanol–water partition coefficient (Wildman–Crippen LogP) is 0.999. The summed E-state index contributed by atoms with van der Waals surface area (Å²) in [5.74, 6) is 0.874. The molecule has 1 aliphatic heterocycles. The van der Waals surface area contributed by atoms with Gasteiger partial charge in [0, 0.05) is 52.9 Å². The lowest BCUT2D eigenvalue weighted by Crippen LogP contribution is -2.41.